The molecule has 6 aromatic rings. The third-order valence-electron chi connectivity index (χ3n) is 14.0. The van der Waals surface area contributed by atoms with Crippen molar-refractivity contribution in [3.63, 3.8) is 0 Å². The number of nitrogens with one attached hydrogen (secondary N) is 4. The minimum Gasteiger partial charge on any atom is -0.489 e. The summed E-state index contributed by atoms with van der Waals surface area (Å²) in [7, 11) is 2.71. The molecule has 9 rings (SSSR count). The molecule has 3 aliphatic rings. The first-order chi connectivity index (χ1) is 32.0. The Morgan fingerprint density at radius 3 is 1.85 bits per heavy atom. The summed E-state index contributed by atoms with van der Waals surface area (Å²) in [5, 5.41) is 5.79. The number of likely N-dealkylation sites (tertiary alicyclic amines) is 2. The zero-order valence-corrected chi connectivity index (χ0v) is 38.8. The molecule has 0 radical (unpaired) electrons. The highest BCUT2D eigenvalue weighted by Crippen LogP contribution is 2.66. The van der Waals surface area contributed by atoms with Crippen molar-refractivity contribution in [3.05, 3.63) is 125 Å². The number of alkyl carbamates (subject to hydrolysis) is 2. The third-order valence-corrected chi connectivity index (χ3v) is 14.0. The Balaban J connectivity index is 0.992. The summed E-state index contributed by atoms with van der Waals surface area (Å²) < 4.78 is 16.0. The quantitative estimate of drug-likeness (QED) is 0.0786. The summed E-state index contributed by atoms with van der Waals surface area (Å²) >= 11 is 0. The van der Waals surface area contributed by atoms with Crippen LogP contribution in [0.5, 0.6) is 5.75 Å². The summed E-state index contributed by atoms with van der Waals surface area (Å²) in [4.78, 5) is 60.1. The predicted molar refractivity (Wildman–Crippen MR) is 253 cm³/mol. The Morgan fingerprint density at radius 2 is 1.24 bits per heavy atom. The van der Waals surface area contributed by atoms with E-state index < -0.39 is 18.2 Å². The molecular formula is C52H62N8O6. The van der Waals surface area contributed by atoms with E-state index >= 15 is 0 Å². The van der Waals surface area contributed by atoms with Gasteiger partial charge in [0.15, 0.2) is 0 Å². The van der Waals surface area contributed by atoms with Crippen LogP contribution in [-0.2, 0) is 20.9 Å². The van der Waals surface area contributed by atoms with Crippen molar-refractivity contribution in [2.24, 2.45) is 11.8 Å². The van der Waals surface area contributed by atoms with Crippen LogP contribution < -0.4 is 15.4 Å². The monoisotopic (exact) mass is 894 g/mol. The molecule has 66 heavy (non-hydrogen) atoms. The second-order valence-electron chi connectivity index (χ2n) is 18.9. The summed E-state index contributed by atoms with van der Waals surface area (Å²) in [5.74, 6) is 3.14. The van der Waals surface area contributed by atoms with Crippen molar-refractivity contribution in [1.29, 1.82) is 0 Å². The second kappa shape index (κ2) is 19.2. The van der Waals surface area contributed by atoms with Gasteiger partial charge in [0.25, 0.3) is 0 Å². The molecule has 2 aromatic heterocycles. The SMILES string of the molecule is COC(=O)NC(CN1CCCC1c1nc2ccc(C3C(c4ccc(OCc5ccccc5)cc4)C3c3ccc4nc(C5CCCN5C(=O)C(NC(=O)OC)C(C)C)[nH]c4c3)cc2[nH]1)C(C)C. The average Bonchev–Trinajstić information content (AvgIpc) is 3.87. The number of hydrogen-bond acceptors (Lipinski definition) is 9. The van der Waals surface area contributed by atoms with Crippen molar-refractivity contribution >= 4 is 40.2 Å². The van der Waals surface area contributed by atoms with Crippen molar-refractivity contribution < 1.29 is 28.6 Å². The number of H-pyrrole nitrogens is 2. The lowest BCUT2D eigenvalue weighted by atomic mass is 10.0. The molecule has 346 valence electrons. The van der Waals surface area contributed by atoms with E-state index in [0.717, 1.165) is 77.3 Å². The number of hydrogen-bond donors (Lipinski definition) is 4. The zero-order chi connectivity index (χ0) is 46.1. The van der Waals surface area contributed by atoms with Crippen LogP contribution >= 0.6 is 0 Å². The van der Waals surface area contributed by atoms with E-state index in [-0.39, 0.29) is 53.6 Å². The van der Waals surface area contributed by atoms with Crippen LogP contribution in [0, 0.1) is 11.8 Å². The lowest BCUT2D eigenvalue weighted by molar-refractivity contribution is -0.135. The smallest absolute Gasteiger partial charge is 0.407 e. The second-order valence-corrected chi connectivity index (χ2v) is 18.9. The number of ether oxygens (including phenoxy) is 3. The molecule has 7 unspecified atom stereocenters. The molecule has 1 saturated carbocycles. The average molecular weight is 895 g/mol. The van der Waals surface area contributed by atoms with Crippen LogP contribution in [0.1, 0.15) is 117 Å². The van der Waals surface area contributed by atoms with E-state index in [1.165, 1.54) is 30.9 Å². The third kappa shape index (κ3) is 9.33. The maximum absolute atomic E-state index is 13.9. The van der Waals surface area contributed by atoms with E-state index in [0.29, 0.717) is 19.7 Å². The molecule has 3 fully saturated rings. The Labute approximate surface area is 386 Å². The lowest BCUT2D eigenvalue weighted by Gasteiger charge is -2.30. The van der Waals surface area contributed by atoms with Gasteiger partial charge in [0.2, 0.25) is 5.91 Å². The fraction of sp³-hybridized carbons (Fsp3) is 0.442. The highest BCUT2D eigenvalue weighted by Gasteiger charge is 2.52. The molecule has 0 spiro atoms. The Hall–Kier alpha value is -6.41. The minimum absolute atomic E-state index is 0.0456. The summed E-state index contributed by atoms with van der Waals surface area (Å²) in [6.07, 6.45) is 2.65. The van der Waals surface area contributed by atoms with E-state index in [1.54, 1.807) is 0 Å². The fourth-order valence-corrected chi connectivity index (χ4v) is 10.3. The predicted octanol–water partition coefficient (Wildman–Crippen LogP) is 9.24. The number of nitrogens with zero attached hydrogens (tertiary/aromatic N) is 4. The number of aromatic nitrogens is 4. The molecule has 2 aliphatic heterocycles. The van der Waals surface area contributed by atoms with Gasteiger partial charge in [-0.3, -0.25) is 9.69 Å². The Bertz CT molecular complexity index is 2660. The van der Waals surface area contributed by atoms with Gasteiger partial charge in [-0.2, -0.15) is 0 Å². The van der Waals surface area contributed by atoms with Gasteiger partial charge in [0.05, 0.1) is 48.4 Å². The first-order valence-corrected chi connectivity index (χ1v) is 23.5. The number of carbonyl (C=O) groups is 3. The summed E-state index contributed by atoms with van der Waals surface area (Å²) in [5.41, 5.74) is 8.56. The molecular weight excluding hydrogens is 833 g/mol. The van der Waals surface area contributed by atoms with Gasteiger partial charge in [-0.25, -0.2) is 19.6 Å². The molecule has 2 saturated heterocycles. The molecule has 4 aromatic carbocycles. The van der Waals surface area contributed by atoms with E-state index in [9.17, 15) is 14.4 Å². The molecule has 4 N–H and O–H groups in total. The van der Waals surface area contributed by atoms with Gasteiger partial charge >= 0.3 is 12.2 Å². The topological polar surface area (TPSA) is 167 Å². The molecule has 14 heteroatoms. The Kier molecular flexibility index (Phi) is 13.0. The normalized spacial score (nSPS) is 21.6. The highest BCUT2D eigenvalue weighted by atomic mass is 16.5. The fourth-order valence-electron chi connectivity index (χ4n) is 10.3. The minimum atomic E-state index is -0.702. The maximum atomic E-state index is 13.9. The number of methoxy groups -OCH3 is 2. The van der Waals surface area contributed by atoms with Crippen LogP contribution in [0.2, 0.25) is 0 Å². The molecule has 0 bridgehead atoms. The number of amides is 3. The number of carbonyl (C=O) groups excluding carboxylic acids is 3. The zero-order valence-electron chi connectivity index (χ0n) is 38.8. The van der Waals surface area contributed by atoms with Crippen molar-refractivity contribution in [1.82, 2.24) is 40.4 Å². The van der Waals surface area contributed by atoms with Crippen LogP contribution in [0.4, 0.5) is 9.59 Å². The van der Waals surface area contributed by atoms with Crippen LogP contribution in [0.15, 0.2) is 91.0 Å². The summed E-state index contributed by atoms with van der Waals surface area (Å²) in [6, 6.07) is 31.1. The Morgan fingerprint density at radius 1 is 0.682 bits per heavy atom. The number of aromatic amines is 2. The van der Waals surface area contributed by atoms with Gasteiger partial charge in [-0.15, -0.1) is 0 Å². The highest BCUT2D eigenvalue weighted by molar-refractivity contribution is 5.87. The van der Waals surface area contributed by atoms with Gasteiger partial charge in [-0.05, 0) is 120 Å². The van der Waals surface area contributed by atoms with Crippen molar-refractivity contribution in [2.75, 3.05) is 33.9 Å². The van der Waals surface area contributed by atoms with E-state index in [2.05, 4.69) is 112 Å². The summed E-state index contributed by atoms with van der Waals surface area (Å²) in [6.45, 7) is 10.8. The van der Waals surface area contributed by atoms with Crippen LogP contribution in [0.3, 0.4) is 0 Å². The van der Waals surface area contributed by atoms with Gasteiger partial charge in [0.1, 0.15) is 30.0 Å². The first-order valence-electron chi connectivity index (χ1n) is 23.5. The molecule has 7 atom stereocenters. The van der Waals surface area contributed by atoms with Crippen molar-refractivity contribution in [3.8, 4) is 5.75 Å². The van der Waals surface area contributed by atoms with Crippen molar-refractivity contribution in [2.45, 2.75) is 102 Å². The van der Waals surface area contributed by atoms with Gasteiger partial charge in [0, 0.05) is 19.1 Å². The van der Waals surface area contributed by atoms with Crippen LogP contribution in [0.25, 0.3) is 22.1 Å². The molecule has 14 nitrogen and oxygen atoms in total. The standard InChI is InChI=1S/C52H62N8O6/c1-30(2)41(57-51(62)64-5)28-59-24-10-14-42(59)48-53-37-22-18-34(26-39(37)55-48)45-44(33-16-20-36(21-17-33)66-29-32-12-8-7-9-13-32)46(45)35-19-23-38-40(27-35)56-49(54-38)43-15-11-25-60(43)50(61)47(31(3)4)58-52(63)65-6/h7-9,12-13,16-23,26-27,30-31,41-47H,10-11,14-15,24-25,28-29H2,1-6H3,(H,53,55)(H,54,56)(H,57,62)(H,58,63). The number of rotatable bonds is 15. The van der Waals surface area contributed by atoms with E-state index in [1.807, 2.05) is 36.9 Å². The molecule has 3 amide bonds. The number of imidazole rings is 2. The first kappa shape index (κ1) is 44.8. The maximum Gasteiger partial charge on any atom is 0.407 e. The van der Waals surface area contributed by atoms with Gasteiger partial charge in [-0.1, -0.05) is 82.3 Å². The van der Waals surface area contributed by atoms with E-state index in [4.69, 9.17) is 24.2 Å². The molecule has 1 aliphatic carbocycles. The van der Waals surface area contributed by atoms with Crippen LogP contribution in [-0.4, -0.2) is 93.8 Å². The number of fused-ring (bicyclic) bond motifs is 2. The number of benzene rings is 4. The molecule has 4 heterocycles. The van der Waals surface area contributed by atoms with Gasteiger partial charge < -0.3 is 39.7 Å². The lowest BCUT2D eigenvalue weighted by Crippen LogP contribution is -2.51. The largest absolute Gasteiger partial charge is 0.489 e.